The Morgan fingerprint density at radius 1 is 1.16 bits per heavy atom. The van der Waals surface area contributed by atoms with E-state index in [1.165, 1.54) is 24.8 Å². The van der Waals surface area contributed by atoms with Crippen molar-refractivity contribution in [2.75, 3.05) is 0 Å². The lowest BCUT2D eigenvalue weighted by molar-refractivity contribution is 0.146. The molecule has 0 amide bonds. The Balaban J connectivity index is 2.03. The van der Waals surface area contributed by atoms with Crippen LogP contribution in [-0.2, 0) is 6.42 Å². The van der Waals surface area contributed by atoms with Gasteiger partial charge in [0.2, 0.25) is 0 Å². The summed E-state index contributed by atoms with van der Waals surface area (Å²) in [4.78, 5) is 0.639. The van der Waals surface area contributed by atoms with Gasteiger partial charge in [-0.05, 0) is 60.6 Å². The van der Waals surface area contributed by atoms with Crippen LogP contribution in [0.2, 0.25) is 0 Å². The molecule has 0 saturated heterocycles. The van der Waals surface area contributed by atoms with Crippen LogP contribution in [0.4, 0.5) is 0 Å². The molecule has 106 valence electrons. The first-order chi connectivity index (χ1) is 8.86. The average molecular weight is 325 g/mol. The van der Waals surface area contributed by atoms with Gasteiger partial charge in [-0.3, -0.25) is 0 Å². The summed E-state index contributed by atoms with van der Waals surface area (Å²) >= 11 is 3.87. The van der Waals surface area contributed by atoms with E-state index in [0.29, 0.717) is 21.9 Å². The van der Waals surface area contributed by atoms with Crippen molar-refractivity contribution >= 4 is 15.9 Å². The molecule has 0 heterocycles. The number of halogens is 1. The van der Waals surface area contributed by atoms with Crippen molar-refractivity contribution in [3.05, 3.63) is 29.8 Å². The molecule has 1 aromatic rings. The molecule has 1 N–H and O–H groups in total. The van der Waals surface area contributed by atoms with Crippen LogP contribution < -0.4 is 0 Å². The number of phenolic OH excluding ortho intramolecular Hbond substituents is 1. The third-order valence-electron chi connectivity index (χ3n) is 4.55. The van der Waals surface area contributed by atoms with E-state index < -0.39 is 0 Å². The second-order valence-electron chi connectivity index (χ2n) is 7.02. The fourth-order valence-corrected chi connectivity index (χ4v) is 3.83. The molecule has 19 heavy (non-hydrogen) atoms. The van der Waals surface area contributed by atoms with Crippen LogP contribution in [0.3, 0.4) is 0 Å². The van der Waals surface area contributed by atoms with Gasteiger partial charge >= 0.3 is 0 Å². The van der Waals surface area contributed by atoms with Crippen molar-refractivity contribution in [3.63, 3.8) is 0 Å². The monoisotopic (exact) mass is 324 g/mol. The number of aromatic hydroxyl groups is 1. The van der Waals surface area contributed by atoms with Crippen molar-refractivity contribution in [1.29, 1.82) is 0 Å². The smallest absolute Gasteiger partial charge is 0.115 e. The first-order valence-electron chi connectivity index (χ1n) is 7.28. The molecule has 3 unspecified atom stereocenters. The van der Waals surface area contributed by atoms with E-state index in [1.54, 1.807) is 12.1 Å². The van der Waals surface area contributed by atoms with E-state index in [4.69, 9.17) is 0 Å². The summed E-state index contributed by atoms with van der Waals surface area (Å²) in [5, 5.41) is 9.35. The molecule has 0 radical (unpaired) electrons. The van der Waals surface area contributed by atoms with Crippen molar-refractivity contribution in [2.24, 2.45) is 17.3 Å². The standard InChI is InChI=1S/C17H25BrO/c1-17(2,3)14-6-9-16(18)13(11-14)10-12-4-7-15(19)8-5-12/h4-5,7-8,13-14,16,19H,6,9-11H2,1-3H3. The van der Waals surface area contributed by atoms with Gasteiger partial charge in [0, 0.05) is 4.83 Å². The summed E-state index contributed by atoms with van der Waals surface area (Å²) < 4.78 is 0. The van der Waals surface area contributed by atoms with Gasteiger partial charge in [0.15, 0.2) is 0 Å². The van der Waals surface area contributed by atoms with E-state index in [1.807, 2.05) is 0 Å². The summed E-state index contributed by atoms with van der Waals surface area (Å²) in [6, 6.07) is 7.69. The first kappa shape index (κ1) is 14.9. The molecule has 1 saturated carbocycles. The van der Waals surface area contributed by atoms with Crippen molar-refractivity contribution in [2.45, 2.75) is 51.3 Å². The minimum atomic E-state index is 0.357. The molecule has 0 spiro atoms. The number of benzene rings is 1. The van der Waals surface area contributed by atoms with Crippen LogP contribution in [0.5, 0.6) is 5.75 Å². The van der Waals surface area contributed by atoms with Crippen LogP contribution in [0, 0.1) is 17.3 Å². The second kappa shape index (κ2) is 5.87. The molecule has 2 heteroatoms. The Morgan fingerprint density at radius 2 is 1.79 bits per heavy atom. The van der Waals surface area contributed by atoms with Crippen molar-refractivity contribution < 1.29 is 5.11 Å². The second-order valence-corrected chi connectivity index (χ2v) is 8.20. The molecular formula is C17H25BrO. The zero-order valence-electron chi connectivity index (χ0n) is 12.2. The summed E-state index contributed by atoms with van der Waals surface area (Å²) in [6.45, 7) is 7.09. The van der Waals surface area contributed by atoms with Gasteiger partial charge in [0.1, 0.15) is 5.75 Å². The van der Waals surface area contributed by atoms with Gasteiger partial charge in [0.25, 0.3) is 0 Å². The van der Waals surface area contributed by atoms with Gasteiger partial charge < -0.3 is 5.11 Å². The van der Waals surface area contributed by atoms with Crippen LogP contribution >= 0.6 is 15.9 Å². The number of hydrogen-bond donors (Lipinski definition) is 1. The minimum Gasteiger partial charge on any atom is -0.508 e. The summed E-state index contributed by atoms with van der Waals surface area (Å²) in [5.41, 5.74) is 1.75. The van der Waals surface area contributed by atoms with Gasteiger partial charge in [-0.25, -0.2) is 0 Å². The van der Waals surface area contributed by atoms with Gasteiger partial charge in [-0.2, -0.15) is 0 Å². The predicted molar refractivity (Wildman–Crippen MR) is 84.8 cm³/mol. The average Bonchev–Trinajstić information content (AvgIpc) is 2.33. The Kier molecular flexibility index (Phi) is 4.60. The van der Waals surface area contributed by atoms with Gasteiger partial charge in [-0.15, -0.1) is 0 Å². The van der Waals surface area contributed by atoms with E-state index in [0.717, 1.165) is 12.3 Å². The highest BCUT2D eigenvalue weighted by atomic mass is 79.9. The molecule has 0 aromatic heterocycles. The molecule has 1 aliphatic carbocycles. The summed E-state index contributed by atoms with van der Waals surface area (Å²) in [6.07, 6.45) is 5.04. The van der Waals surface area contributed by atoms with Crippen LogP contribution in [-0.4, -0.2) is 9.93 Å². The van der Waals surface area contributed by atoms with Crippen LogP contribution in [0.25, 0.3) is 0 Å². The minimum absolute atomic E-state index is 0.357. The summed E-state index contributed by atoms with van der Waals surface area (Å²) in [7, 11) is 0. The van der Waals surface area contributed by atoms with Crippen LogP contribution in [0.15, 0.2) is 24.3 Å². The fraction of sp³-hybridized carbons (Fsp3) is 0.647. The predicted octanol–water partition coefficient (Wildman–Crippen LogP) is 5.16. The maximum absolute atomic E-state index is 9.35. The number of rotatable bonds is 2. The normalized spacial score (nSPS) is 28.3. The van der Waals surface area contributed by atoms with Gasteiger partial charge in [-0.1, -0.05) is 48.8 Å². The number of phenols is 1. The lowest BCUT2D eigenvalue weighted by atomic mass is 9.68. The number of alkyl halides is 1. The maximum Gasteiger partial charge on any atom is 0.115 e. The Labute approximate surface area is 125 Å². The quantitative estimate of drug-likeness (QED) is 0.745. The molecule has 2 rings (SSSR count). The molecule has 1 aliphatic rings. The van der Waals surface area contributed by atoms with Gasteiger partial charge in [0.05, 0.1) is 0 Å². The van der Waals surface area contributed by atoms with E-state index in [2.05, 4.69) is 48.8 Å². The lowest BCUT2D eigenvalue weighted by Gasteiger charge is -2.40. The largest absolute Gasteiger partial charge is 0.508 e. The Morgan fingerprint density at radius 3 is 2.37 bits per heavy atom. The Bertz CT molecular complexity index is 404. The van der Waals surface area contributed by atoms with E-state index >= 15 is 0 Å². The molecule has 1 nitrogen and oxygen atoms in total. The Hall–Kier alpha value is -0.500. The first-order valence-corrected chi connectivity index (χ1v) is 8.20. The third-order valence-corrected chi connectivity index (χ3v) is 5.75. The maximum atomic E-state index is 9.35. The highest BCUT2D eigenvalue weighted by Gasteiger charge is 2.34. The molecule has 3 atom stereocenters. The van der Waals surface area contributed by atoms with E-state index in [9.17, 15) is 5.11 Å². The van der Waals surface area contributed by atoms with Crippen LogP contribution in [0.1, 0.15) is 45.6 Å². The molecule has 1 fully saturated rings. The van der Waals surface area contributed by atoms with Crippen molar-refractivity contribution in [1.82, 2.24) is 0 Å². The fourth-order valence-electron chi connectivity index (χ4n) is 3.16. The SMILES string of the molecule is CC(C)(C)C1CCC(Br)C(Cc2ccc(O)cc2)C1. The zero-order chi connectivity index (χ0) is 14.0. The third kappa shape index (κ3) is 3.98. The number of hydrogen-bond acceptors (Lipinski definition) is 1. The summed E-state index contributed by atoms with van der Waals surface area (Å²) in [5.74, 6) is 1.89. The zero-order valence-corrected chi connectivity index (χ0v) is 13.8. The molecular weight excluding hydrogens is 300 g/mol. The lowest BCUT2D eigenvalue weighted by Crippen LogP contribution is -2.33. The van der Waals surface area contributed by atoms with E-state index in [-0.39, 0.29) is 0 Å². The van der Waals surface area contributed by atoms with Crippen molar-refractivity contribution in [3.8, 4) is 5.75 Å². The highest BCUT2D eigenvalue weighted by molar-refractivity contribution is 9.09. The molecule has 1 aromatic carbocycles. The molecule has 0 bridgehead atoms. The molecule has 0 aliphatic heterocycles. The topological polar surface area (TPSA) is 20.2 Å². The highest BCUT2D eigenvalue weighted by Crippen LogP contribution is 2.43.